The van der Waals surface area contributed by atoms with Gasteiger partial charge in [0.05, 0.1) is 11.3 Å². The van der Waals surface area contributed by atoms with Gasteiger partial charge in [-0.25, -0.2) is 8.42 Å². The fraction of sp³-hybridized carbons (Fsp3) is 0.500. The van der Waals surface area contributed by atoms with Crippen molar-refractivity contribution in [3.8, 4) is 0 Å². The number of hydrogen-bond donors (Lipinski definition) is 3. The first-order chi connectivity index (χ1) is 16.6. The zero-order valence-corrected chi connectivity index (χ0v) is 20.2. The molecule has 0 saturated heterocycles. The van der Waals surface area contributed by atoms with E-state index in [-0.39, 0.29) is 16.7 Å². The topological polar surface area (TPSA) is 130 Å². The third kappa shape index (κ3) is 5.11. The normalized spacial score (nSPS) is 28.1. The molecule has 2 aromatic carbocycles. The van der Waals surface area contributed by atoms with Gasteiger partial charge < -0.3 is 5.11 Å². The van der Waals surface area contributed by atoms with E-state index < -0.39 is 40.3 Å². The van der Waals surface area contributed by atoms with Crippen molar-refractivity contribution in [2.75, 3.05) is 0 Å². The third-order valence-corrected chi connectivity index (χ3v) is 9.46. The summed E-state index contributed by atoms with van der Waals surface area (Å²) in [6.45, 7) is 0. The monoisotopic (exact) mass is 498 g/mol. The lowest BCUT2D eigenvalue weighted by Gasteiger charge is -2.56. The van der Waals surface area contributed by atoms with Gasteiger partial charge >= 0.3 is 5.97 Å². The Kier molecular flexibility index (Phi) is 6.17. The fourth-order valence-electron chi connectivity index (χ4n) is 7.07. The highest BCUT2D eigenvalue weighted by Gasteiger charge is 2.51. The molecule has 4 aliphatic carbocycles. The van der Waals surface area contributed by atoms with Crippen molar-refractivity contribution in [3.05, 3.63) is 42.5 Å². The maximum atomic E-state index is 13.0. The number of carboxylic acids is 1. The van der Waals surface area contributed by atoms with Gasteiger partial charge in [-0.3, -0.25) is 19.7 Å². The fourth-order valence-corrected chi connectivity index (χ4v) is 8.30. The zero-order valence-electron chi connectivity index (χ0n) is 19.4. The van der Waals surface area contributed by atoms with E-state index in [0.717, 1.165) is 24.6 Å². The maximum absolute atomic E-state index is 13.0. The lowest BCUT2D eigenvalue weighted by Crippen LogP contribution is -2.52. The van der Waals surface area contributed by atoms with Crippen molar-refractivity contribution >= 4 is 38.6 Å². The molecule has 0 aromatic heterocycles. The molecule has 0 heterocycles. The summed E-state index contributed by atoms with van der Waals surface area (Å²) in [5.41, 5.74) is -0.0913. The average molecular weight is 499 g/mol. The van der Waals surface area contributed by atoms with Gasteiger partial charge in [0.2, 0.25) is 21.8 Å². The molecule has 1 atom stereocenters. The molecule has 2 aromatic rings. The first-order valence-electron chi connectivity index (χ1n) is 12.2. The van der Waals surface area contributed by atoms with Crippen molar-refractivity contribution in [1.29, 1.82) is 0 Å². The molecule has 4 saturated carbocycles. The Labute approximate surface area is 204 Å². The number of sulfonamides is 1. The van der Waals surface area contributed by atoms with Crippen LogP contribution in [0.15, 0.2) is 47.4 Å². The van der Waals surface area contributed by atoms with Crippen molar-refractivity contribution in [3.63, 3.8) is 0 Å². The molecule has 35 heavy (non-hydrogen) atoms. The molecule has 0 unspecified atom stereocenters. The highest BCUT2D eigenvalue weighted by Crippen LogP contribution is 2.61. The van der Waals surface area contributed by atoms with E-state index in [1.54, 1.807) is 18.2 Å². The van der Waals surface area contributed by atoms with Gasteiger partial charge in [0.15, 0.2) is 0 Å². The first kappa shape index (κ1) is 23.9. The van der Waals surface area contributed by atoms with Crippen molar-refractivity contribution in [1.82, 2.24) is 10.0 Å². The standard InChI is InChI=1S/C26H30N2O6S/c29-23(15-26-12-16-7-17(13-26)9-18(8-16)14-26)27-25(32)22(11-24(30)31)28-35(33,34)21-6-5-19-3-1-2-4-20(19)10-21/h1-6,10,16-18,22,28H,7-9,11-15H2,(H,30,31)(H,27,29,32)/t16?,17?,18?,22-,26?/m0/s1. The van der Waals surface area contributed by atoms with Gasteiger partial charge in [0, 0.05) is 6.42 Å². The molecule has 0 spiro atoms. The van der Waals surface area contributed by atoms with Crippen LogP contribution in [-0.4, -0.2) is 37.3 Å². The van der Waals surface area contributed by atoms with Gasteiger partial charge in [-0.05, 0) is 84.6 Å². The average Bonchev–Trinajstić information content (AvgIpc) is 2.76. The van der Waals surface area contributed by atoms with E-state index in [1.165, 1.54) is 31.4 Å². The molecule has 9 heteroatoms. The largest absolute Gasteiger partial charge is 0.481 e. The van der Waals surface area contributed by atoms with Crippen LogP contribution >= 0.6 is 0 Å². The summed E-state index contributed by atoms with van der Waals surface area (Å²) in [5.74, 6) is -0.793. The molecule has 4 bridgehead atoms. The van der Waals surface area contributed by atoms with Crippen LogP contribution in [0, 0.1) is 23.2 Å². The smallest absolute Gasteiger partial charge is 0.305 e. The Morgan fingerprint density at radius 2 is 1.54 bits per heavy atom. The molecule has 0 radical (unpaired) electrons. The second-order valence-corrected chi connectivity index (χ2v) is 12.5. The number of aliphatic carboxylic acids is 1. The van der Waals surface area contributed by atoms with Crippen molar-refractivity contribution in [2.45, 2.75) is 62.3 Å². The molecule has 6 rings (SSSR count). The summed E-state index contributed by atoms with van der Waals surface area (Å²) >= 11 is 0. The highest BCUT2D eigenvalue weighted by atomic mass is 32.2. The number of benzene rings is 2. The molecule has 4 aliphatic rings. The number of amides is 2. The zero-order chi connectivity index (χ0) is 24.8. The highest BCUT2D eigenvalue weighted by molar-refractivity contribution is 7.89. The van der Waals surface area contributed by atoms with E-state index in [4.69, 9.17) is 0 Å². The number of fused-ring (bicyclic) bond motifs is 1. The van der Waals surface area contributed by atoms with Crippen LogP contribution in [0.2, 0.25) is 0 Å². The molecule has 2 amide bonds. The van der Waals surface area contributed by atoms with Crippen LogP contribution in [0.3, 0.4) is 0 Å². The number of carbonyl (C=O) groups excluding carboxylic acids is 2. The predicted octanol–water partition coefficient (Wildman–Crippen LogP) is 3.21. The van der Waals surface area contributed by atoms with Crippen LogP contribution in [0.25, 0.3) is 10.8 Å². The van der Waals surface area contributed by atoms with Crippen LogP contribution in [0.5, 0.6) is 0 Å². The second kappa shape index (κ2) is 9.02. The number of imide groups is 1. The van der Waals surface area contributed by atoms with Gasteiger partial charge in [0.1, 0.15) is 6.04 Å². The van der Waals surface area contributed by atoms with Crippen molar-refractivity contribution in [2.24, 2.45) is 23.2 Å². The Morgan fingerprint density at radius 3 is 2.14 bits per heavy atom. The van der Waals surface area contributed by atoms with E-state index in [9.17, 15) is 27.9 Å². The molecular weight excluding hydrogens is 468 g/mol. The Morgan fingerprint density at radius 1 is 0.943 bits per heavy atom. The lowest BCUT2D eigenvalue weighted by molar-refractivity contribution is -0.142. The SMILES string of the molecule is O=C(O)C[C@H](NS(=O)(=O)c1ccc2ccccc2c1)C(=O)NC(=O)CC12CC3CC(CC(C3)C1)C2. The molecule has 3 N–H and O–H groups in total. The minimum Gasteiger partial charge on any atom is -0.481 e. The predicted molar refractivity (Wildman–Crippen MR) is 129 cm³/mol. The molecular formula is C26H30N2O6S. The Bertz CT molecular complexity index is 1250. The van der Waals surface area contributed by atoms with Crippen LogP contribution in [0.4, 0.5) is 0 Å². The Balaban J connectivity index is 1.28. The summed E-state index contributed by atoms with van der Waals surface area (Å²) in [4.78, 5) is 37.0. The summed E-state index contributed by atoms with van der Waals surface area (Å²) in [6, 6.07) is 10.1. The Hall–Kier alpha value is -2.78. The lowest BCUT2D eigenvalue weighted by atomic mass is 9.49. The third-order valence-electron chi connectivity index (χ3n) is 7.99. The summed E-state index contributed by atoms with van der Waals surface area (Å²) in [7, 11) is -4.21. The maximum Gasteiger partial charge on any atom is 0.305 e. The van der Waals surface area contributed by atoms with Crippen LogP contribution in [0.1, 0.15) is 51.4 Å². The van der Waals surface area contributed by atoms with E-state index in [2.05, 4.69) is 10.0 Å². The van der Waals surface area contributed by atoms with E-state index >= 15 is 0 Å². The van der Waals surface area contributed by atoms with Crippen molar-refractivity contribution < 1.29 is 27.9 Å². The van der Waals surface area contributed by atoms with Gasteiger partial charge in [-0.2, -0.15) is 4.72 Å². The first-order valence-corrected chi connectivity index (χ1v) is 13.7. The summed E-state index contributed by atoms with van der Waals surface area (Å²) in [6.07, 6.45) is 6.13. The van der Waals surface area contributed by atoms with Crippen LogP contribution in [-0.2, 0) is 24.4 Å². The van der Waals surface area contributed by atoms with E-state index in [0.29, 0.717) is 23.1 Å². The van der Waals surface area contributed by atoms with Gasteiger partial charge in [0.25, 0.3) is 0 Å². The second-order valence-electron chi connectivity index (χ2n) is 10.8. The number of rotatable bonds is 8. The number of nitrogens with one attached hydrogen (secondary N) is 2. The number of carboxylic acid groups (broad SMARTS) is 1. The minimum absolute atomic E-state index is 0.0840. The van der Waals surface area contributed by atoms with Gasteiger partial charge in [-0.15, -0.1) is 0 Å². The molecule has 0 aliphatic heterocycles. The summed E-state index contributed by atoms with van der Waals surface area (Å²) < 4.78 is 28.2. The number of carbonyl (C=O) groups is 3. The van der Waals surface area contributed by atoms with Gasteiger partial charge in [-0.1, -0.05) is 30.3 Å². The summed E-state index contributed by atoms with van der Waals surface area (Å²) in [5, 5.41) is 13.1. The van der Waals surface area contributed by atoms with E-state index in [1.807, 2.05) is 12.1 Å². The number of hydrogen-bond acceptors (Lipinski definition) is 5. The van der Waals surface area contributed by atoms with Crippen LogP contribution < -0.4 is 10.0 Å². The molecule has 4 fully saturated rings. The molecule has 8 nitrogen and oxygen atoms in total. The quantitative estimate of drug-likeness (QED) is 0.512. The molecule has 186 valence electrons. The minimum atomic E-state index is -4.21.